The number of aromatic nitrogens is 4. The van der Waals surface area contributed by atoms with E-state index in [0.717, 1.165) is 25.9 Å². The second-order valence-corrected chi connectivity index (χ2v) is 7.34. The summed E-state index contributed by atoms with van der Waals surface area (Å²) in [5, 5.41) is 9.19. The smallest absolute Gasteiger partial charge is 0.335 e. The van der Waals surface area contributed by atoms with E-state index in [2.05, 4.69) is 26.7 Å². The largest absolute Gasteiger partial charge is 0.478 e. The van der Waals surface area contributed by atoms with Gasteiger partial charge in [-0.05, 0) is 44.4 Å². The number of imidazole rings is 1. The van der Waals surface area contributed by atoms with Crippen molar-refractivity contribution in [3.8, 4) is 23.6 Å². The molecule has 3 heterocycles. The zero-order chi connectivity index (χ0) is 22.0. The maximum atomic E-state index is 13.2. The van der Waals surface area contributed by atoms with E-state index in [1.165, 1.54) is 23.1 Å². The molecule has 0 atom stereocenters. The molecule has 3 aromatic rings. The van der Waals surface area contributed by atoms with Gasteiger partial charge < -0.3 is 14.7 Å². The molecule has 1 aliphatic heterocycles. The van der Waals surface area contributed by atoms with Gasteiger partial charge in [0.15, 0.2) is 11.2 Å². The third kappa shape index (κ3) is 3.97. The van der Waals surface area contributed by atoms with Crippen molar-refractivity contribution in [1.82, 2.24) is 19.1 Å². The van der Waals surface area contributed by atoms with E-state index in [-0.39, 0.29) is 28.5 Å². The van der Waals surface area contributed by atoms with Crippen LogP contribution in [0.2, 0.25) is 0 Å². The number of anilines is 1. The molecule has 31 heavy (non-hydrogen) atoms. The third-order valence-electron chi connectivity index (χ3n) is 5.27. The highest BCUT2D eigenvalue weighted by atomic mass is 16.5. The number of rotatable bonds is 5. The number of benzene rings is 1. The summed E-state index contributed by atoms with van der Waals surface area (Å²) >= 11 is 0. The summed E-state index contributed by atoms with van der Waals surface area (Å²) in [6, 6.07) is 6.07. The number of ether oxygens (including phenoxy) is 1. The Hall–Kier alpha value is -3.80. The number of hydrogen-bond donors (Lipinski definition) is 1. The molecule has 1 fully saturated rings. The summed E-state index contributed by atoms with van der Waals surface area (Å²) in [4.78, 5) is 35.7. The molecule has 0 bridgehead atoms. The molecule has 0 spiro atoms. The molecule has 1 saturated heterocycles. The van der Waals surface area contributed by atoms with Gasteiger partial charge in [0.25, 0.3) is 5.56 Å². The third-order valence-corrected chi connectivity index (χ3v) is 5.27. The molecular weight excluding hydrogens is 398 g/mol. The maximum Gasteiger partial charge on any atom is 0.335 e. The Morgan fingerprint density at radius 3 is 2.71 bits per heavy atom. The predicted molar refractivity (Wildman–Crippen MR) is 116 cm³/mol. The molecule has 0 radical (unpaired) electrons. The van der Waals surface area contributed by atoms with Crippen molar-refractivity contribution in [3.63, 3.8) is 0 Å². The lowest BCUT2D eigenvalue weighted by Crippen LogP contribution is -2.32. The minimum atomic E-state index is -1.07. The standard InChI is InChI=1S/C22H23N5O4/c1-3-4-13-27-17-18(23-21(27)26-11-6-5-7-12-26)24-22(25(2)19(17)28)31-16-10-8-9-15(14-16)20(29)30/h8-10,14H,5-7,11-13H2,1-2H3,(H,29,30). The Balaban J connectivity index is 1.81. The zero-order valence-corrected chi connectivity index (χ0v) is 17.5. The van der Waals surface area contributed by atoms with E-state index >= 15 is 0 Å². The van der Waals surface area contributed by atoms with E-state index in [1.807, 2.05) is 4.57 Å². The highest BCUT2D eigenvalue weighted by molar-refractivity contribution is 5.88. The van der Waals surface area contributed by atoms with Gasteiger partial charge in [0.2, 0.25) is 5.95 Å². The Morgan fingerprint density at radius 2 is 2.00 bits per heavy atom. The van der Waals surface area contributed by atoms with Crippen LogP contribution in [0.25, 0.3) is 11.2 Å². The molecule has 160 valence electrons. The Labute approximate surface area is 178 Å². The van der Waals surface area contributed by atoms with Crippen LogP contribution in [-0.4, -0.2) is 43.3 Å². The lowest BCUT2D eigenvalue weighted by molar-refractivity contribution is 0.0696. The number of carboxylic acids is 1. The normalized spacial score (nSPS) is 13.7. The quantitative estimate of drug-likeness (QED) is 0.632. The Kier molecular flexibility index (Phi) is 5.62. The molecule has 1 N–H and O–H groups in total. The van der Waals surface area contributed by atoms with Crippen molar-refractivity contribution in [2.45, 2.75) is 32.7 Å². The molecule has 0 unspecified atom stereocenters. The van der Waals surface area contributed by atoms with Crippen molar-refractivity contribution >= 4 is 23.1 Å². The second-order valence-electron chi connectivity index (χ2n) is 7.34. The van der Waals surface area contributed by atoms with Crippen LogP contribution < -0.4 is 15.2 Å². The van der Waals surface area contributed by atoms with Crippen LogP contribution in [0.4, 0.5) is 5.95 Å². The minimum absolute atomic E-state index is 0.0384. The molecule has 9 nitrogen and oxygen atoms in total. The van der Waals surface area contributed by atoms with Crippen LogP contribution in [0.3, 0.4) is 0 Å². The Morgan fingerprint density at radius 1 is 1.23 bits per heavy atom. The van der Waals surface area contributed by atoms with E-state index in [0.29, 0.717) is 18.0 Å². The van der Waals surface area contributed by atoms with Crippen LogP contribution in [0.5, 0.6) is 11.8 Å². The lowest BCUT2D eigenvalue weighted by Gasteiger charge is -2.27. The summed E-state index contributed by atoms with van der Waals surface area (Å²) in [6.45, 7) is 3.84. The molecule has 9 heteroatoms. The number of aromatic carboxylic acids is 1. The minimum Gasteiger partial charge on any atom is -0.478 e. The van der Waals surface area contributed by atoms with Gasteiger partial charge in [-0.15, -0.1) is 5.92 Å². The first-order chi connectivity index (χ1) is 15.0. The Bertz CT molecular complexity index is 1260. The van der Waals surface area contributed by atoms with Gasteiger partial charge in [-0.1, -0.05) is 12.0 Å². The van der Waals surface area contributed by atoms with Gasteiger partial charge in [-0.3, -0.25) is 13.9 Å². The fourth-order valence-electron chi connectivity index (χ4n) is 3.66. The summed E-state index contributed by atoms with van der Waals surface area (Å²) in [5.74, 6) is 5.79. The fourth-order valence-corrected chi connectivity index (χ4v) is 3.66. The van der Waals surface area contributed by atoms with Gasteiger partial charge in [0.05, 0.1) is 12.1 Å². The average Bonchev–Trinajstić information content (AvgIpc) is 3.15. The fraction of sp³-hybridized carbons (Fsp3) is 0.364. The SMILES string of the molecule is CC#CCn1c(N2CCCCC2)nc2nc(Oc3cccc(C(=O)O)c3)n(C)c(=O)c21. The number of carboxylic acid groups (broad SMARTS) is 1. The van der Waals surface area contributed by atoms with Crippen molar-refractivity contribution in [2.75, 3.05) is 18.0 Å². The van der Waals surface area contributed by atoms with Crippen LogP contribution in [-0.2, 0) is 13.6 Å². The van der Waals surface area contributed by atoms with Gasteiger partial charge >= 0.3 is 12.0 Å². The van der Waals surface area contributed by atoms with E-state index in [4.69, 9.17) is 4.74 Å². The molecular formula is C22H23N5O4. The zero-order valence-electron chi connectivity index (χ0n) is 17.5. The lowest BCUT2D eigenvalue weighted by atomic mass is 10.1. The van der Waals surface area contributed by atoms with Gasteiger partial charge in [-0.2, -0.15) is 9.97 Å². The van der Waals surface area contributed by atoms with E-state index in [1.54, 1.807) is 26.1 Å². The molecule has 1 aromatic carbocycles. The van der Waals surface area contributed by atoms with Crippen molar-refractivity contribution in [1.29, 1.82) is 0 Å². The summed E-state index contributed by atoms with van der Waals surface area (Å²) < 4.78 is 8.88. The molecule has 1 aliphatic rings. The predicted octanol–water partition coefficient (Wildman–Crippen LogP) is 2.63. The molecule has 4 rings (SSSR count). The van der Waals surface area contributed by atoms with Crippen molar-refractivity contribution in [3.05, 3.63) is 40.2 Å². The summed E-state index contributed by atoms with van der Waals surface area (Å²) in [6.07, 6.45) is 3.32. The number of hydrogen-bond acceptors (Lipinski definition) is 6. The number of piperidine rings is 1. The van der Waals surface area contributed by atoms with Gasteiger partial charge in [0.1, 0.15) is 5.75 Å². The first kappa shape index (κ1) is 20.5. The molecule has 0 aliphatic carbocycles. The first-order valence-electron chi connectivity index (χ1n) is 10.1. The monoisotopic (exact) mass is 421 g/mol. The van der Waals surface area contributed by atoms with Gasteiger partial charge in [0, 0.05) is 20.1 Å². The summed E-state index contributed by atoms with van der Waals surface area (Å²) in [5.41, 5.74) is 0.435. The number of nitrogens with zero attached hydrogens (tertiary/aromatic N) is 5. The first-order valence-corrected chi connectivity index (χ1v) is 10.1. The average molecular weight is 421 g/mol. The number of carbonyl (C=O) groups is 1. The van der Waals surface area contributed by atoms with Crippen molar-refractivity contribution < 1.29 is 14.6 Å². The van der Waals surface area contributed by atoms with E-state index < -0.39 is 5.97 Å². The highest BCUT2D eigenvalue weighted by Crippen LogP contribution is 2.25. The van der Waals surface area contributed by atoms with Crippen molar-refractivity contribution in [2.24, 2.45) is 7.05 Å². The number of fused-ring (bicyclic) bond motifs is 1. The highest BCUT2D eigenvalue weighted by Gasteiger charge is 2.23. The molecule has 0 amide bonds. The molecule has 2 aromatic heterocycles. The topological polar surface area (TPSA) is 102 Å². The second kappa shape index (κ2) is 8.52. The van der Waals surface area contributed by atoms with Crippen LogP contribution in [0.1, 0.15) is 36.5 Å². The van der Waals surface area contributed by atoms with Crippen LogP contribution in [0, 0.1) is 11.8 Å². The van der Waals surface area contributed by atoms with Crippen LogP contribution in [0.15, 0.2) is 29.1 Å². The van der Waals surface area contributed by atoms with Gasteiger partial charge in [-0.25, -0.2) is 4.79 Å². The van der Waals surface area contributed by atoms with E-state index in [9.17, 15) is 14.7 Å². The summed E-state index contributed by atoms with van der Waals surface area (Å²) in [7, 11) is 1.56. The molecule has 0 saturated carbocycles. The maximum absolute atomic E-state index is 13.2. The van der Waals surface area contributed by atoms with Crippen LogP contribution >= 0.6 is 0 Å².